The van der Waals surface area contributed by atoms with Crippen LogP contribution in [0.4, 0.5) is 8.78 Å². The summed E-state index contributed by atoms with van der Waals surface area (Å²) in [5, 5.41) is 0. The average Bonchev–Trinajstić information content (AvgIpc) is 2.21. The Hall–Kier alpha value is -0.920. The molecule has 0 bridgehead atoms. The van der Waals surface area contributed by atoms with Crippen LogP contribution in [0.15, 0.2) is 24.3 Å². The fraction of sp³-hybridized carbons (Fsp3) is 0.333. The minimum atomic E-state index is -2.50. The maximum absolute atomic E-state index is 12.7. The molecule has 1 aromatic rings. The summed E-state index contributed by atoms with van der Waals surface area (Å²) in [4.78, 5) is 0. The number of fused-ring (bicyclic) bond motifs is 1. The number of hydrogen-bond donors (Lipinski definition) is 0. The van der Waals surface area contributed by atoms with Gasteiger partial charge in [0.2, 0.25) is 0 Å². The Kier molecular flexibility index (Phi) is 1.25. The lowest BCUT2D eigenvalue weighted by Crippen LogP contribution is -2.14. The topological polar surface area (TPSA) is 0 Å². The van der Waals surface area contributed by atoms with Crippen molar-refractivity contribution in [3.8, 4) is 0 Å². The standard InChI is InChI=1S/C9H8F2/c10-9(11)5-7-3-1-2-4-8(7)6-9/h1-4H,5-6H2. The fourth-order valence-corrected chi connectivity index (χ4v) is 1.52. The van der Waals surface area contributed by atoms with E-state index in [1.54, 1.807) is 24.3 Å². The monoisotopic (exact) mass is 154 g/mol. The molecule has 0 atom stereocenters. The highest BCUT2D eigenvalue weighted by atomic mass is 19.3. The molecule has 1 aliphatic carbocycles. The molecule has 0 amide bonds. The molecule has 1 aliphatic rings. The minimum Gasteiger partial charge on any atom is -0.206 e. The van der Waals surface area contributed by atoms with E-state index >= 15 is 0 Å². The SMILES string of the molecule is FC1(F)Cc2ccccc2C1. The van der Waals surface area contributed by atoms with E-state index in [1.807, 2.05) is 0 Å². The third-order valence-corrected chi connectivity index (χ3v) is 2.02. The number of hydrogen-bond acceptors (Lipinski definition) is 0. The zero-order chi connectivity index (χ0) is 7.90. The molecule has 0 fully saturated rings. The van der Waals surface area contributed by atoms with Crippen molar-refractivity contribution in [3.63, 3.8) is 0 Å². The molecule has 1 aromatic carbocycles. The van der Waals surface area contributed by atoms with Gasteiger partial charge in [-0.1, -0.05) is 24.3 Å². The van der Waals surface area contributed by atoms with Gasteiger partial charge in [-0.05, 0) is 11.1 Å². The van der Waals surface area contributed by atoms with Gasteiger partial charge in [-0.25, -0.2) is 8.78 Å². The molecule has 0 N–H and O–H groups in total. The van der Waals surface area contributed by atoms with E-state index in [0.717, 1.165) is 11.1 Å². The second kappa shape index (κ2) is 2.03. The van der Waals surface area contributed by atoms with E-state index in [9.17, 15) is 8.78 Å². The Bertz CT molecular complexity index is 252. The maximum atomic E-state index is 12.7. The summed E-state index contributed by atoms with van der Waals surface area (Å²) in [6.07, 6.45) is -0.160. The number of benzene rings is 1. The first-order valence-corrected chi connectivity index (χ1v) is 3.62. The Morgan fingerprint density at radius 2 is 1.45 bits per heavy atom. The van der Waals surface area contributed by atoms with Gasteiger partial charge in [-0.2, -0.15) is 0 Å². The van der Waals surface area contributed by atoms with Crippen molar-refractivity contribution in [1.82, 2.24) is 0 Å². The summed E-state index contributed by atoms with van der Waals surface area (Å²) in [7, 11) is 0. The predicted molar refractivity (Wildman–Crippen MR) is 38.8 cm³/mol. The van der Waals surface area contributed by atoms with Crippen LogP contribution in [0.2, 0.25) is 0 Å². The van der Waals surface area contributed by atoms with Crippen molar-refractivity contribution in [2.45, 2.75) is 18.8 Å². The van der Waals surface area contributed by atoms with Crippen LogP contribution in [0.1, 0.15) is 11.1 Å². The molecule has 0 aromatic heterocycles. The number of alkyl halides is 2. The Morgan fingerprint density at radius 1 is 1.00 bits per heavy atom. The van der Waals surface area contributed by atoms with Crippen molar-refractivity contribution in [1.29, 1.82) is 0 Å². The molecule has 0 saturated carbocycles. The average molecular weight is 154 g/mol. The zero-order valence-electron chi connectivity index (χ0n) is 5.98. The van der Waals surface area contributed by atoms with Crippen LogP contribution in [0.5, 0.6) is 0 Å². The molecule has 0 unspecified atom stereocenters. The summed E-state index contributed by atoms with van der Waals surface area (Å²) in [6.45, 7) is 0. The molecule has 0 spiro atoms. The fourth-order valence-electron chi connectivity index (χ4n) is 1.52. The molecule has 0 nitrogen and oxygen atoms in total. The zero-order valence-corrected chi connectivity index (χ0v) is 5.98. The van der Waals surface area contributed by atoms with Gasteiger partial charge in [-0.15, -0.1) is 0 Å². The van der Waals surface area contributed by atoms with Gasteiger partial charge in [-0.3, -0.25) is 0 Å². The third-order valence-electron chi connectivity index (χ3n) is 2.02. The van der Waals surface area contributed by atoms with Crippen molar-refractivity contribution in [2.75, 3.05) is 0 Å². The minimum absolute atomic E-state index is 0.0802. The summed E-state index contributed by atoms with van der Waals surface area (Å²) in [5.74, 6) is -2.50. The largest absolute Gasteiger partial charge is 0.256 e. The first kappa shape index (κ1) is 6.77. The predicted octanol–water partition coefficient (Wildman–Crippen LogP) is 2.42. The molecular formula is C9H8F2. The quantitative estimate of drug-likeness (QED) is 0.538. The molecule has 58 valence electrons. The van der Waals surface area contributed by atoms with Crippen molar-refractivity contribution < 1.29 is 8.78 Å². The van der Waals surface area contributed by atoms with Crippen LogP contribution in [-0.2, 0) is 12.8 Å². The first-order valence-electron chi connectivity index (χ1n) is 3.62. The van der Waals surface area contributed by atoms with E-state index in [-0.39, 0.29) is 12.8 Å². The third kappa shape index (κ3) is 1.13. The van der Waals surface area contributed by atoms with Crippen LogP contribution < -0.4 is 0 Å². The van der Waals surface area contributed by atoms with Crippen molar-refractivity contribution in [3.05, 3.63) is 35.4 Å². The highest BCUT2D eigenvalue weighted by Gasteiger charge is 2.36. The van der Waals surface area contributed by atoms with Gasteiger partial charge >= 0.3 is 0 Å². The van der Waals surface area contributed by atoms with Crippen LogP contribution in [-0.4, -0.2) is 5.92 Å². The van der Waals surface area contributed by atoms with Crippen LogP contribution >= 0.6 is 0 Å². The highest BCUT2D eigenvalue weighted by Crippen LogP contribution is 2.33. The molecule has 0 heterocycles. The van der Waals surface area contributed by atoms with Gasteiger partial charge < -0.3 is 0 Å². The second-order valence-electron chi connectivity index (χ2n) is 2.98. The molecule has 0 aliphatic heterocycles. The second-order valence-corrected chi connectivity index (χ2v) is 2.98. The van der Waals surface area contributed by atoms with Gasteiger partial charge in [0.05, 0.1) is 0 Å². The summed E-state index contributed by atoms with van der Waals surface area (Å²) in [6, 6.07) is 7.16. The van der Waals surface area contributed by atoms with Gasteiger partial charge in [0, 0.05) is 12.8 Å². The van der Waals surface area contributed by atoms with Crippen LogP contribution in [0.3, 0.4) is 0 Å². The number of halogens is 2. The van der Waals surface area contributed by atoms with Crippen LogP contribution in [0.25, 0.3) is 0 Å². The van der Waals surface area contributed by atoms with Crippen molar-refractivity contribution in [2.24, 2.45) is 0 Å². The molecule has 2 heteroatoms. The first-order chi connectivity index (χ1) is 5.17. The summed E-state index contributed by atoms with van der Waals surface area (Å²) in [5.41, 5.74) is 1.61. The van der Waals surface area contributed by atoms with Crippen molar-refractivity contribution >= 4 is 0 Å². The molecular weight excluding hydrogens is 146 g/mol. The van der Waals surface area contributed by atoms with Gasteiger partial charge in [0.15, 0.2) is 0 Å². The van der Waals surface area contributed by atoms with Gasteiger partial charge in [0.1, 0.15) is 0 Å². The lowest BCUT2D eigenvalue weighted by Gasteiger charge is -2.04. The van der Waals surface area contributed by atoms with E-state index in [1.165, 1.54) is 0 Å². The number of rotatable bonds is 0. The highest BCUT2D eigenvalue weighted by molar-refractivity contribution is 5.33. The maximum Gasteiger partial charge on any atom is 0.256 e. The van der Waals surface area contributed by atoms with Gasteiger partial charge in [0.25, 0.3) is 5.92 Å². The van der Waals surface area contributed by atoms with Crippen LogP contribution in [0, 0.1) is 0 Å². The lowest BCUT2D eigenvalue weighted by atomic mass is 10.1. The van der Waals surface area contributed by atoms with E-state index in [2.05, 4.69) is 0 Å². The Morgan fingerprint density at radius 3 is 1.91 bits per heavy atom. The Labute approximate surface area is 63.9 Å². The molecule has 11 heavy (non-hydrogen) atoms. The molecule has 0 saturated heterocycles. The van der Waals surface area contributed by atoms with E-state index in [4.69, 9.17) is 0 Å². The van der Waals surface area contributed by atoms with E-state index in [0.29, 0.717) is 0 Å². The summed E-state index contributed by atoms with van der Waals surface area (Å²) < 4.78 is 25.5. The lowest BCUT2D eigenvalue weighted by molar-refractivity contribution is 0.0130. The summed E-state index contributed by atoms with van der Waals surface area (Å²) >= 11 is 0. The van der Waals surface area contributed by atoms with E-state index < -0.39 is 5.92 Å². The Balaban J connectivity index is 2.41. The molecule has 2 rings (SSSR count). The smallest absolute Gasteiger partial charge is 0.206 e. The molecule has 0 radical (unpaired) electrons. The normalized spacial score (nSPS) is 19.8.